The van der Waals surface area contributed by atoms with E-state index in [1.165, 1.54) is 11.1 Å². The molecule has 0 fully saturated rings. The van der Waals surface area contributed by atoms with Crippen LogP contribution >= 0.6 is 0 Å². The molecule has 0 saturated carbocycles. The van der Waals surface area contributed by atoms with Crippen LogP contribution in [0.2, 0.25) is 0 Å². The predicted molar refractivity (Wildman–Crippen MR) is 155 cm³/mol. The van der Waals surface area contributed by atoms with Crippen LogP contribution in [0.15, 0.2) is 115 Å². The van der Waals surface area contributed by atoms with E-state index < -0.39 is 0 Å². The molecule has 0 aliphatic heterocycles. The van der Waals surface area contributed by atoms with Gasteiger partial charge in [0.05, 0.1) is 22.3 Å². The van der Waals surface area contributed by atoms with Gasteiger partial charge in [-0.2, -0.15) is 0 Å². The highest BCUT2D eigenvalue weighted by molar-refractivity contribution is 5.95. The Morgan fingerprint density at radius 2 is 1.39 bits per heavy atom. The van der Waals surface area contributed by atoms with Gasteiger partial charge >= 0.3 is 0 Å². The largest absolute Gasteiger partial charge is 0.507 e. The first-order chi connectivity index (χ1) is 18.4. The number of imidazole rings is 1. The van der Waals surface area contributed by atoms with Crippen molar-refractivity contribution in [2.24, 2.45) is 7.05 Å². The molecule has 6 rings (SSSR count). The molecule has 0 amide bonds. The number of phenols is 1. The zero-order valence-electron chi connectivity index (χ0n) is 21.8. The number of aryl methyl sites for hydroxylation is 1. The van der Waals surface area contributed by atoms with E-state index in [9.17, 15) is 5.11 Å². The van der Waals surface area contributed by atoms with Crippen molar-refractivity contribution in [2.45, 2.75) is 19.3 Å². The van der Waals surface area contributed by atoms with Gasteiger partial charge in [0.15, 0.2) is 0 Å². The molecule has 1 N–H and O–H groups in total. The second kappa shape index (κ2) is 9.31. The molecule has 4 aromatic carbocycles. The van der Waals surface area contributed by atoms with E-state index >= 15 is 0 Å². The van der Waals surface area contributed by atoms with Crippen molar-refractivity contribution in [3.05, 3.63) is 127 Å². The standard InChI is InChI=1S/C34H29N3O/c1-34(2,25-13-5-4-6-14-25)26-19-20-35-29(22-26)24-12-9-11-23(21-24)27-16-10-17-30-32(27)36-33(37(30)3)28-15-7-8-18-31(28)38/h4-22,38H,1-3H3. The zero-order valence-corrected chi connectivity index (χ0v) is 21.8. The number of aromatic nitrogens is 3. The van der Waals surface area contributed by atoms with E-state index in [-0.39, 0.29) is 11.2 Å². The molecule has 0 unspecified atom stereocenters. The summed E-state index contributed by atoms with van der Waals surface area (Å²) in [6.45, 7) is 4.50. The van der Waals surface area contributed by atoms with Gasteiger partial charge in [-0.25, -0.2) is 4.98 Å². The lowest BCUT2D eigenvalue weighted by atomic mass is 9.78. The lowest BCUT2D eigenvalue weighted by molar-refractivity contribution is 0.476. The first kappa shape index (κ1) is 23.7. The van der Waals surface area contributed by atoms with Crippen LogP contribution in [-0.4, -0.2) is 19.6 Å². The maximum Gasteiger partial charge on any atom is 0.144 e. The van der Waals surface area contributed by atoms with Gasteiger partial charge in [-0.05, 0) is 53.1 Å². The fourth-order valence-electron chi connectivity index (χ4n) is 5.20. The molecule has 2 heterocycles. The van der Waals surface area contributed by atoms with Crippen molar-refractivity contribution in [1.82, 2.24) is 14.5 Å². The molecule has 0 bridgehead atoms. The van der Waals surface area contributed by atoms with Crippen LogP contribution < -0.4 is 0 Å². The van der Waals surface area contributed by atoms with Gasteiger partial charge in [-0.3, -0.25) is 4.98 Å². The lowest BCUT2D eigenvalue weighted by Gasteiger charge is -2.26. The second-order valence-corrected chi connectivity index (χ2v) is 10.2. The zero-order chi connectivity index (χ0) is 26.3. The van der Waals surface area contributed by atoms with Gasteiger partial charge in [0.2, 0.25) is 0 Å². The smallest absolute Gasteiger partial charge is 0.144 e. The van der Waals surface area contributed by atoms with Gasteiger partial charge in [0.25, 0.3) is 0 Å². The third kappa shape index (κ3) is 4.04. The number of fused-ring (bicyclic) bond motifs is 1. The van der Waals surface area contributed by atoms with Gasteiger partial charge < -0.3 is 9.67 Å². The summed E-state index contributed by atoms with van der Waals surface area (Å²) in [7, 11) is 1.99. The highest BCUT2D eigenvalue weighted by Crippen LogP contribution is 2.36. The Bertz CT molecular complexity index is 1770. The van der Waals surface area contributed by atoms with E-state index in [0.717, 1.165) is 39.2 Å². The normalized spacial score (nSPS) is 11.7. The fraction of sp³-hybridized carbons (Fsp3) is 0.118. The van der Waals surface area contributed by atoms with Crippen LogP contribution in [0.5, 0.6) is 5.75 Å². The molecule has 38 heavy (non-hydrogen) atoms. The van der Waals surface area contributed by atoms with Crippen LogP contribution in [0.4, 0.5) is 0 Å². The highest BCUT2D eigenvalue weighted by atomic mass is 16.3. The molecule has 186 valence electrons. The maximum atomic E-state index is 10.5. The number of phenolic OH excluding ortho intramolecular Hbond substituents is 1. The van der Waals surface area contributed by atoms with E-state index in [0.29, 0.717) is 5.56 Å². The minimum atomic E-state index is -0.143. The van der Waals surface area contributed by atoms with Gasteiger partial charge in [-0.1, -0.05) is 86.6 Å². The molecule has 0 atom stereocenters. The van der Waals surface area contributed by atoms with Crippen molar-refractivity contribution < 1.29 is 5.11 Å². The third-order valence-corrected chi connectivity index (χ3v) is 7.50. The number of hydrogen-bond donors (Lipinski definition) is 1. The Morgan fingerprint density at radius 3 is 2.21 bits per heavy atom. The Labute approximate surface area is 222 Å². The summed E-state index contributed by atoms with van der Waals surface area (Å²) in [4.78, 5) is 9.72. The van der Waals surface area contributed by atoms with Crippen LogP contribution in [0.25, 0.3) is 44.8 Å². The molecule has 0 radical (unpaired) electrons. The summed E-state index contributed by atoms with van der Waals surface area (Å²) < 4.78 is 2.04. The van der Waals surface area contributed by atoms with Gasteiger partial charge in [-0.15, -0.1) is 0 Å². The number of aromatic hydroxyl groups is 1. The topological polar surface area (TPSA) is 50.9 Å². The van der Waals surface area contributed by atoms with E-state index in [4.69, 9.17) is 9.97 Å². The number of nitrogens with zero attached hydrogens (tertiary/aromatic N) is 3. The molecular weight excluding hydrogens is 466 g/mol. The third-order valence-electron chi connectivity index (χ3n) is 7.50. The number of para-hydroxylation sites is 2. The summed E-state index contributed by atoms with van der Waals surface area (Å²) in [5, 5.41) is 10.5. The van der Waals surface area contributed by atoms with Crippen molar-refractivity contribution >= 4 is 11.0 Å². The van der Waals surface area contributed by atoms with Crippen molar-refractivity contribution in [3.8, 4) is 39.5 Å². The molecule has 0 saturated heterocycles. The molecule has 4 heteroatoms. The number of rotatable bonds is 5. The average Bonchev–Trinajstić information content (AvgIpc) is 3.30. The lowest BCUT2D eigenvalue weighted by Crippen LogP contribution is -2.18. The number of pyridine rings is 1. The number of benzene rings is 4. The van der Waals surface area contributed by atoms with Crippen molar-refractivity contribution in [3.63, 3.8) is 0 Å². The quantitative estimate of drug-likeness (QED) is 0.264. The molecular formula is C34H29N3O. The molecule has 0 aliphatic carbocycles. The maximum absolute atomic E-state index is 10.5. The van der Waals surface area contributed by atoms with Gasteiger partial charge in [0.1, 0.15) is 11.6 Å². The Kier molecular flexibility index (Phi) is 5.80. The molecule has 6 aromatic rings. The van der Waals surface area contributed by atoms with Crippen LogP contribution in [-0.2, 0) is 12.5 Å². The molecule has 2 aromatic heterocycles. The van der Waals surface area contributed by atoms with Gasteiger partial charge in [0, 0.05) is 29.8 Å². The summed E-state index contributed by atoms with van der Waals surface area (Å²) in [5.74, 6) is 0.957. The average molecular weight is 496 g/mol. The minimum absolute atomic E-state index is 0.143. The summed E-state index contributed by atoms with van der Waals surface area (Å²) in [6, 6.07) is 36.9. The van der Waals surface area contributed by atoms with Crippen LogP contribution in [0.1, 0.15) is 25.0 Å². The summed E-state index contributed by atoms with van der Waals surface area (Å²) in [5.41, 5.74) is 9.09. The van der Waals surface area contributed by atoms with Crippen LogP contribution in [0, 0.1) is 0 Å². The summed E-state index contributed by atoms with van der Waals surface area (Å²) >= 11 is 0. The van der Waals surface area contributed by atoms with E-state index in [2.05, 4.69) is 98.8 Å². The first-order valence-electron chi connectivity index (χ1n) is 12.8. The summed E-state index contributed by atoms with van der Waals surface area (Å²) in [6.07, 6.45) is 1.90. The molecule has 0 aliphatic rings. The Hall–Kier alpha value is -4.70. The Balaban J connectivity index is 1.43. The van der Waals surface area contributed by atoms with Crippen LogP contribution in [0.3, 0.4) is 0 Å². The van der Waals surface area contributed by atoms with E-state index in [1.54, 1.807) is 6.07 Å². The van der Waals surface area contributed by atoms with Crippen molar-refractivity contribution in [1.29, 1.82) is 0 Å². The predicted octanol–water partition coefficient (Wildman–Crippen LogP) is 8.00. The van der Waals surface area contributed by atoms with E-state index in [1.807, 2.05) is 36.0 Å². The molecule has 4 nitrogen and oxygen atoms in total. The minimum Gasteiger partial charge on any atom is -0.507 e. The molecule has 0 spiro atoms. The Morgan fingerprint density at radius 1 is 0.684 bits per heavy atom. The van der Waals surface area contributed by atoms with Crippen molar-refractivity contribution in [2.75, 3.05) is 0 Å². The fourth-order valence-corrected chi connectivity index (χ4v) is 5.20. The number of hydrogen-bond acceptors (Lipinski definition) is 3. The highest BCUT2D eigenvalue weighted by Gasteiger charge is 2.23. The SMILES string of the molecule is Cn1c(-c2ccccc2O)nc2c(-c3cccc(-c4cc(C(C)(C)c5ccccc5)ccn4)c3)cccc21. The monoisotopic (exact) mass is 495 g/mol. The second-order valence-electron chi connectivity index (χ2n) is 10.2. The first-order valence-corrected chi connectivity index (χ1v) is 12.8.